The van der Waals surface area contributed by atoms with Gasteiger partial charge in [0.05, 0.1) is 11.4 Å². The number of hydrogen-bond acceptors (Lipinski definition) is 3. The molecule has 2 aromatic carbocycles. The lowest BCUT2D eigenvalue weighted by Crippen LogP contribution is -2.28. The van der Waals surface area contributed by atoms with Gasteiger partial charge < -0.3 is 0 Å². The van der Waals surface area contributed by atoms with E-state index in [2.05, 4.69) is 13.8 Å². The van der Waals surface area contributed by atoms with E-state index in [9.17, 15) is 14.0 Å². The molecule has 0 saturated carbocycles. The summed E-state index contributed by atoms with van der Waals surface area (Å²) in [4.78, 5) is 26.1. The first-order chi connectivity index (χ1) is 12.4. The molecular weight excluding hydrogens is 373 g/mol. The molecule has 1 aliphatic heterocycles. The molecule has 0 bridgehead atoms. The van der Waals surface area contributed by atoms with Crippen molar-refractivity contribution >= 4 is 40.6 Å². The Labute approximate surface area is 160 Å². The topological polar surface area (TPSA) is 37.4 Å². The van der Waals surface area contributed by atoms with Crippen molar-refractivity contribution < 1.29 is 14.0 Å². The second-order valence-corrected chi connectivity index (χ2v) is 7.69. The van der Waals surface area contributed by atoms with Crippen molar-refractivity contribution in [2.24, 2.45) is 0 Å². The van der Waals surface area contributed by atoms with Gasteiger partial charge in [-0.05, 0) is 47.0 Å². The van der Waals surface area contributed by atoms with E-state index < -0.39 is 17.0 Å². The van der Waals surface area contributed by atoms with Gasteiger partial charge in [-0.25, -0.2) is 4.39 Å². The van der Waals surface area contributed by atoms with Gasteiger partial charge in [-0.2, -0.15) is 0 Å². The normalized spacial score (nSPS) is 16.2. The largest absolute Gasteiger partial charge is 0.293 e. The van der Waals surface area contributed by atoms with Gasteiger partial charge in [-0.1, -0.05) is 55.8 Å². The Morgan fingerprint density at radius 3 is 2.46 bits per heavy atom. The van der Waals surface area contributed by atoms with Crippen LogP contribution in [0.5, 0.6) is 0 Å². The predicted molar refractivity (Wildman–Crippen MR) is 103 cm³/mol. The summed E-state index contributed by atoms with van der Waals surface area (Å²) in [7, 11) is 0. The van der Waals surface area contributed by atoms with Gasteiger partial charge in [0.15, 0.2) is 0 Å². The van der Waals surface area contributed by atoms with Crippen LogP contribution in [-0.2, 0) is 11.3 Å². The maximum Gasteiger partial charge on any atom is 0.293 e. The average Bonchev–Trinajstić information content (AvgIpc) is 2.85. The van der Waals surface area contributed by atoms with Crippen LogP contribution in [0.1, 0.15) is 36.5 Å². The molecule has 1 aliphatic rings. The van der Waals surface area contributed by atoms with E-state index in [1.165, 1.54) is 23.8 Å². The van der Waals surface area contributed by atoms with Crippen molar-refractivity contribution in [1.29, 1.82) is 0 Å². The van der Waals surface area contributed by atoms with Crippen molar-refractivity contribution in [2.75, 3.05) is 0 Å². The Balaban J connectivity index is 1.82. The standard InChI is InChI=1S/C20H17ClFNO2S/c1-12(2)14-8-6-13(7-9-14)10-18-19(24)23(20(25)26-18)11-15-16(21)4-3-5-17(15)22/h3-10,12H,11H2,1-2H3/b18-10+. The molecule has 0 aromatic heterocycles. The van der Waals surface area contributed by atoms with Crippen molar-refractivity contribution in [3.8, 4) is 0 Å². The minimum absolute atomic E-state index is 0.138. The van der Waals surface area contributed by atoms with Crippen molar-refractivity contribution in [2.45, 2.75) is 26.3 Å². The number of amides is 2. The monoisotopic (exact) mass is 389 g/mol. The number of carbonyl (C=O) groups excluding carboxylic acids is 2. The minimum Gasteiger partial charge on any atom is -0.268 e. The predicted octanol–water partition coefficient (Wildman–Crippen LogP) is 5.84. The lowest BCUT2D eigenvalue weighted by molar-refractivity contribution is -0.123. The van der Waals surface area contributed by atoms with Gasteiger partial charge in [0.25, 0.3) is 11.1 Å². The molecule has 2 amide bonds. The number of carbonyl (C=O) groups is 2. The highest BCUT2D eigenvalue weighted by molar-refractivity contribution is 8.18. The fourth-order valence-corrected chi connectivity index (χ4v) is 3.67. The molecule has 1 saturated heterocycles. The maximum atomic E-state index is 13.9. The SMILES string of the molecule is CC(C)c1ccc(/C=C2/SC(=O)N(Cc3c(F)cccc3Cl)C2=O)cc1. The van der Waals surface area contributed by atoms with Gasteiger partial charge in [0.2, 0.25) is 0 Å². The molecule has 0 aliphatic carbocycles. The van der Waals surface area contributed by atoms with Crippen LogP contribution < -0.4 is 0 Å². The quantitative estimate of drug-likeness (QED) is 0.616. The van der Waals surface area contributed by atoms with E-state index >= 15 is 0 Å². The molecule has 134 valence electrons. The summed E-state index contributed by atoms with van der Waals surface area (Å²) in [6.45, 7) is 4.03. The number of imide groups is 1. The van der Waals surface area contributed by atoms with E-state index in [0.29, 0.717) is 10.8 Å². The fourth-order valence-electron chi connectivity index (χ4n) is 2.61. The van der Waals surface area contributed by atoms with Gasteiger partial charge in [-0.3, -0.25) is 14.5 Å². The first kappa shape index (κ1) is 18.7. The zero-order chi connectivity index (χ0) is 18.8. The number of hydrogen-bond donors (Lipinski definition) is 0. The molecule has 3 nitrogen and oxygen atoms in total. The number of rotatable bonds is 4. The maximum absolute atomic E-state index is 13.9. The van der Waals surface area contributed by atoms with Gasteiger partial charge in [-0.15, -0.1) is 0 Å². The highest BCUT2D eigenvalue weighted by Crippen LogP contribution is 2.34. The lowest BCUT2D eigenvalue weighted by atomic mass is 10.0. The number of nitrogens with zero attached hydrogens (tertiary/aromatic N) is 1. The number of halogens is 2. The summed E-state index contributed by atoms with van der Waals surface area (Å²) in [5.41, 5.74) is 2.17. The smallest absolute Gasteiger partial charge is 0.268 e. The molecule has 3 rings (SSSR count). The molecule has 6 heteroatoms. The highest BCUT2D eigenvalue weighted by Gasteiger charge is 2.35. The van der Waals surface area contributed by atoms with E-state index in [0.717, 1.165) is 22.2 Å². The minimum atomic E-state index is -0.537. The summed E-state index contributed by atoms with van der Waals surface area (Å²) in [5, 5.41) is -0.239. The average molecular weight is 390 g/mol. The summed E-state index contributed by atoms with van der Waals surface area (Å²) in [5.74, 6) is -0.557. The summed E-state index contributed by atoms with van der Waals surface area (Å²) in [6, 6.07) is 12.1. The Bertz CT molecular complexity index is 873. The Morgan fingerprint density at radius 2 is 1.85 bits per heavy atom. The molecule has 0 N–H and O–H groups in total. The van der Waals surface area contributed by atoms with Crippen molar-refractivity contribution in [3.05, 3.63) is 74.9 Å². The molecule has 0 unspecified atom stereocenters. The molecule has 0 spiro atoms. The fraction of sp³-hybridized carbons (Fsp3) is 0.200. The number of benzene rings is 2. The second-order valence-electron chi connectivity index (χ2n) is 6.29. The van der Waals surface area contributed by atoms with Gasteiger partial charge in [0.1, 0.15) is 5.82 Å². The first-order valence-electron chi connectivity index (χ1n) is 8.15. The van der Waals surface area contributed by atoms with Crippen LogP contribution in [0, 0.1) is 5.82 Å². The zero-order valence-electron chi connectivity index (χ0n) is 14.3. The van der Waals surface area contributed by atoms with Crippen LogP contribution in [0.4, 0.5) is 9.18 Å². The highest BCUT2D eigenvalue weighted by atomic mass is 35.5. The van der Waals surface area contributed by atoms with E-state index in [1.807, 2.05) is 24.3 Å². The van der Waals surface area contributed by atoms with Crippen LogP contribution in [0.3, 0.4) is 0 Å². The third kappa shape index (κ3) is 3.84. The van der Waals surface area contributed by atoms with Crippen molar-refractivity contribution in [3.63, 3.8) is 0 Å². The second kappa shape index (κ2) is 7.64. The van der Waals surface area contributed by atoms with Crippen molar-refractivity contribution in [1.82, 2.24) is 4.90 Å². The van der Waals surface area contributed by atoms with Crippen LogP contribution in [0.2, 0.25) is 5.02 Å². The van der Waals surface area contributed by atoms with Gasteiger partial charge >= 0.3 is 0 Å². The molecule has 0 radical (unpaired) electrons. The molecule has 26 heavy (non-hydrogen) atoms. The lowest BCUT2D eigenvalue weighted by Gasteiger charge is -2.14. The summed E-state index contributed by atoms with van der Waals surface area (Å²) >= 11 is 6.85. The molecular formula is C20H17ClFNO2S. The first-order valence-corrected chi connectivity index (χ1v) is 9.34. The van der Waals surface area contributed by atoms with Crippen LogP contribution >= 0.6 is 23.4 Å². The van der Waals surface area contributed by atoms with Crippen LogP contribution in [0.25, 0.3) is 6.08 Å². The van der Waals surface area contributed by atoms with Gasteiger partial charge in [0, 0.05) is 10.6 Å². The molecule has 2 aromatic rings. The third-order valence-corrected chi connectivity index (χ3v) is 5.41. The van der Waals surface area contributed by atoms with E-state index in [-0.39, 0.29) is 17.1 Å². The molecule has 1 fully saturated rings. The zero-order valence-corrected chi connectivity index (χ0v) is 15.9. The van der Waals surface area contributed by atoms with E-state index in [4.69, 9.17) is 11.6 Å². The van der Waals surface area contributed by atoms with Crippen LogP contribution in [0.15, 0.2) is 47.4 Å². The Morgan fingerprint density at radius 1 is 1.15 bits per heavy atom. The molecule has 1 heterocycles. The number of thioether (sulfide) groups is 1. The van der Waals surface area contributed by atoms with Crippen LogP contribution in [-0.4, -0.2) is 16.0 Å². The summed E-state index contributed by atoms with van der Waals surface area (Å²) in [6.07, 6.45) is 1.68. The molecule has 0 atom stereocenters. The van der Waals surface area contributed by atoms with E-state index in [1.54, 1.807) is 6.08 Å². The Hall–Kier alpha value is -2.11. The summed E-state index contributed by atoms with van der Waals surface area (Å²) < 4.78 is 13.9. The third-order valence-electron chi connectivity index (χ3n) is 4.15. The Kier molecular flexibility index (Phi) is 5.49.